The molecule has 0 spiro atoms. The standard InChI is InChI=1S/C20H31ClN5O8P/c1-19(5-3-4-6-19)25-15-11-9-22-26(16(11)24-18(21)23-15)17-14(29)13(28)12(34-17)10-33-20(2,7-8-27)35(30,31)32/h9,12-14,17,27-29H,3-8,10H2,1-2H3,(H,23,24,25)(H2,30,31,32)/t12-,13-,14-,17-,20+/m1/s1. The van der Waals surface area contributed by atoms with Crippen molar-refractivity contribution in [2.45, 2.75) is 81.4 Å². The van der Waals surface area contributed by atoms with Gasteiger partial charge in [0, 0.05) is 18.6 Å². The summed E-state index contributed by atoms with van der Waals surface area (Å²) in [6.07, 6.45) is 0.164. The van der Waals surface area contributed by atoms with Crippen LogP contribution in [0.3, 0.4) is 0 Å². The van der Waals surface area contributed by atoms with Crippen LogP contribution in [0.4, 0.5) is 5.82 Å². The summed E-state index contributed by atoms with van der Waals surface area (Å²) < 4.78 is 24.3. The average Bonchev–Trinajstić information content (AvgIpc) is 3.45. The Bertz CT molecular complexity index is 1110. The van der Waals surface area contributed by atoms with E-state index in [4.69, 9.17) is 21.1 Å². The predicted molar refractivity (Wildman–Crippen MR) is 125 cm³/mol. The van der Waals surface area contributed by atoms with Crippen LogP contribution in [0.5, 0.6) is 0 Å². The van der Waals surface area contributed by atoms with Crippen LogP contribution >= 0.6 is 19.2 Å². The van der Waals surface area contributed by atoms with Crippen molar-refractivity contribution in [2.24, 2.45) is 0 Å². The van der Waals surface area contributed by atoms with Gasteiger partial charge in [0.1, 0.15) is 24.1 Å². The van der Waals surface area contributed by atoms with Crippen LogP contribution in [-0.4, -0.2) is 87.3 Å². The van der Waals surface area contributed by atoms with E-state index < -0.39 is 50.7 Å². The molecule has 1 aliphatic carbocycles. The van der Waals surface area contributed by atoms with E-state index in [0.717, 1.165) is 25.7 Å². The predicted octanol–water partition coefficient (Wildman–Crippen LogP) is 1.14. The Balaban J connectivity index is 1.57. The zero-order valence-electron chi connectivity index (χ0n) is 19.4. The van der Waals surface area contributed by atoms with E-state index in [1.165, 1.54) is 17.8 Å². The first-order valence-corrected chi connectivity index (χ1v) is 13.4. The molecule has 6 N–H and O–H groups in total. The molecule has 1 saturated carbocycles. The highest BCUT2D eigenvalue weighted by Gasteiger charge is 2.48. The fraction of sp³-hybridized carbons (Fsp3) is 0.750. The maximum absolute atomic E-state index is 11.9. The molecule has 0 amide bonds. The molecule has 0 aromatic carbocycles. The molecule has 15 heteroatoms. The van der Waals surface area contributed by atoms with Gasteiger partial charge in [0.05, 0.1) is 18.2 Å². The summed E-state index contributed by atoms with van der Waals surface area (Å²) in [5, 5.41) is 36.7. The summed E-state index contributed by atoms with van der Waals surface area (Å²) in [5.41, 5.74) is 0.140. The van der Waals surface area contributed by atoms with E-state index in [-0.39, 0.29) is 22.9 Å². The number of aromatic nitrogens is 4. The molecular weight excluding hydrogens is 505 g/mol. The highest BCUT2D eigenvalue weighted by atomic mass is 35.5. The Morgan fingerprint density at radius 2 is 2.00 bits per heavy atom. The first-order chi connectivity index (χ1) is 16.4. The molecule has 3 heterocycles. The number of nitrogens with one attached hydrogen (secondary N) is 1. The van der Waals surface area contributed by atoms with Gasteiger partial charge in [-0.25, -0.2) is 4.68 Å². The molecule has 196 valence electrons. The van der Waals surface area contributed by atoms with Crippen molar-refractivity contribution in [1.82, 2.24) is 19.7 Å². The second kappa shape index (κ2) is 9.81. The fourth-order valence-electron chi connectivity index (χ4n) is 4.59. The van der Waals surface area contributed by atoms with E-state index >= 15 is 0 Å². The fourth-order valence-corrected chi connectivity index (χ4v) is 5.39. The first-order valence-electron chi connectivity index (χ1n) is 11.4. The molecule has 1 saturated heterocycles. The zero-order chi connectivity index (χ0) is 25.6. The summed E-state index contributed by atoms with van der Waals surface area (Å²) in [5.74, 6) is 0.505. The lowest BCUT2D eigenvalue weighted by Gasteiger charge is -2.31. The second-order valence-electron chi connectivity index (χ2n) is 9.61. The highest BCUT2D eigenvalue weighted by Crippen LogP contribution is 2.53. The Kier molecular flexibility index (Phi) is 7.47. The van der Waals surface area contributed by atoms with E-state index in [9.17, 15) is 29.7 Å². The van der Waals surface area contributed by atoms with Gasteiger partial charge in [-0.1, -0.05) is 12.8 Å². The number of aliphatic hydroxyl groups is 3. The number of rotatable bonds is 9. The van der Waals surface area contributed by atoms with E-state index in [1.54, 1.807) is 0 Å². The van der Waals surface area contributed by atoms with Gasteiger partial charge in [-0.15, -0.1) is 0 Å². The minimum atomic E-state index is -4.76. The first kappa shape index (κ1) is 26.6. The number of hydrogen-bond acceptors (Lipinski definition) is 10. The summed E-state index contributed by atoms with van der Waals surface area (Å²) >= 11 is 6.19. The Morgan fingerprint density at radius 3 is 2.63 bits per heavy atom. The van der Waals surface area contributed by atoms with Crippen LogP contribution in [-0.2, 0) is 14.0 Å². The van der Waals surface area contributed by atoms with Crippen molar-refractivity contribution in [1.29, 1.82) is 0 Å². The molecule has 0 bridgehead atoms. The maximum Gasteiger partial charge on any atom is 0.356 e. The van der Waals surface area contributed by atoms with Gasteiger partial charge in [-0.05, 0) is 38.3 Å². The molecule has 2 aromatic rings. The van der Waals surface area contributed by atoms with Crippen LogP contribution in [0.15, 0.2) is 6.20 Å². The highest BCUT2D eigenvalue weighted by molar-refractivity contribution is 7.53. The van der Waals surface area contributed by atoms with Crippen LogP contribution in [0.1, 0.15) is 52.2 Å². The molecule has 4 rings (SSSR count). The Morgan fingerprint density at radius 1 is 1.31 bits per heavy atom. The lowest BCUT2D eigenvalue weighted by molar-refractivity contribution is -0.0980. The SMILES string of the molecule is CC1(Nc2nc(Cl)nc3c2cnn3[C@@H]2O[C@H](CO[C@](C)(CCO)P(=O)(O)O)[C@@H](O)[C@H]2O)CCCC1. The van der Waals surface area contributed by atoms with Crippen molar-refractivity contribution in [3.63, 3.8) is 0 Å². The van der Waals surface area contributed by atoms with Gasteiger partial charge in [0.2, 0.25) is 5.28 Å². The second-order valence-corrected chi connectivity index (χ2v) is 12.0. The Hall–Kier alpha value is -1.41. The molecule has 0 radical (unpaired) electrons. The van der Waals surface area contributed by atoms with Crippen LogP contribution in [0.2, 0.25) is 5.28 Å². The van der Waals surface area contributed by atoms with E-state index in [1.807, 2.05) is 0 Å². The van der Waals surface area contributed by atoms with Gasteiger partial charge >= 0.3 is 7.60 Å². The van der Waals surface area contributed by atoms with Crippen molar-refractivity contribution in [2.75, 3.05) is 18.5 Å². The quantitative estimate of drug-likeness (QED) is 0.198. The minimum Gasteiger partial charge on any atom is -0.396 e. The summed E-state index contributed by atoms with van der Waals surface area (Å²) in [6.45, 7) is 2.31. The lowest BCUT2D eigenvalue weighted by Crippen LogP contribution is -2.38. The van der Waals surface area contributed by atoms with E-state index in [0.29, 0.717) is 11.2 Å². The number of fused-ring (bicyclic) bond motifs is 1. The number of anilines is 1. The topological polar surface area (TPSA) is 192 Å². The third kappa shape index (κ3) is 5.20. The van der Waals surface area contributed by atoms with Crippen molar-refractivity contribution >= 4 is 36.0 Å². The van der Waals surface area contributed by atoms with Crippen LogP contribution in [0.25, 0.3) is 11.0 Å². The smallest absolute Gasteiger partial charge is 0.356 e. The molecule has 2 fully saturated rings. The molecule has 2 aromatic heterocycles. The Labute approximate surface area is 206 Å². The summed E-state index contributed by atoms with van der Waals surface area (Å²) in [6, 6.07) is 0. The van der Waals surface area contributed by atoms with Crippen molar-refractivity contribution in [3.05, 3.63) is 11.5 Å². The van der Waals surface area contributed by atoms with Gasteiger partial charge in [0.25, 0.3) is 0 Å². The molecule has 2 aliphatic rings. The molecular formula is C20H31ClN5O8P. The van der Waals surface area contributed by atoms with Gasteiger partial charge in [0.15, 0.2) is 17.2 Å². The number of halogens is 1. The molecule has 13 nitrogen and oxygen atoms in total. The number of aliphatic hydroxyl groups excluding tert-OH is 3. The zero-order valence-corrected chi connectivity index (χ0v) is 21.1. The lowest BCUT2D eigenvalue weighted by atomic mass is 10.0. The molecule has 35 heavy (non-hydrogen) atoms. The summed E-state index contributed by atoms with van der Waals surface area (Å²) in [7, 11) is -4.76. The largest absolute Gasteiger partial charge is 0.396 e. The third-order valence-electron chi connectivity index (χ3n) is 6.88. The molecule has 1 aliphatic heterocycles. The number of hydrogen-bond donors (Lipinski definition) is 6. The van der Waals surface area contributed by atoms with Gasteiger partial charge in [-0.2, -0.15) is 15.1 Å². The monoisotopic (exact) mass is 535 g/mol. The molecule has 0 unspecified atom stereocenters. The number of nitrogens with zero attached hydrogens (tertiary/aromatic N) is 4. The normalized spacial score (nSPS) is 28.5. The average molecular weight is 536 g/mol. The third-order valence-corrected chi connectivity index (χ3v) is 8.64. The number of ether oxygens (including phenoxy) is 2. The van der Waals surface area contributed by atoms with Crippen LogP contribution in [0, 0.1) is 0 Å². The summed E-state index contributed by atoms with van der Waals surface area (Å²) in [4.78, 5) is 27.8. The van der Waals surface area contributed by atoms with Crippen molar-refractivity contribution < 1.29 is 39.1 Å². The van der Waals surface area contributed by atoms with Crippen LogP contribution < -0.4 is 5.32 Å². The van der Waals surface area contributed by atoms with Gasteiger partial charge < -0.3 is 39.9 Å². The molecule has 5 atom stereocenters. The minimum absolute atomic E-state index is 0.0299. The van der Waals surface area contributed by atoms with Crippen molar-refractivity contribution in [3.8, 4) is 0 Å². The van der Waals surface area contributed by atoms with E-state index in [2.05, 4.69) is 27.3 Å². The maximum atomic E-state index is 11.9. The van der Waals surface area contributed by atoms with Gasteiger partial charge in [-0.3, -0.25) is 4.57 Å².